The van der Waals surface area contributed by atoms with Gasteiger partial charge in [-0.3, -0.25) is 9.59 Å². The predicted molar refractivity (Wildman–Crippen MR) is 67.5 cm³/mol. The third-order valence-electron chi connectivity index (χ3n) is 3.19. The van der Waals surface area contributed by atoms with Gasteiger partial charge in [-0.15, -0.1) is 0 Å². The highest BCUT2D eigenvalue weighted by Gasteiger charge is 2.28. The fraction of sp³-hybridized carbons (Fsp3) is 0.538. The van der Waals surface area contributed by atoms with E-state index < -0.39 is 0 Å². The van der Waals surface area contributed by atoms with Crippen LogP contribution in [0.25, 0.3) is 0 Å². The van der Waals surface area contributed by atoms with Gasteiger partial charge >= 0.3 is 0 Å². The van der Waals surface area contributed by atoms with Crippen molar-refractivity contribution in [2.24, 2.45) is 0 Å². The molecule has 0 bridgehead atoms. The maximum Gasteiger partial charge on any atom is 0.290 e. The van der Waals surface area contributed by atoms with Crippen molar-refractivity contribution in [1.82, 2.24) is 4.90 Å². The minimum atomic E-state index is -0.363. The molecule has 1 aromatic rings. The molecule has 0 saturated carbocycles. The minimum Gasteiger partial charge on any atom is -0.490 e. The molecule has 19 heavy (non-hydrogen) atoms. The van der Waals surface area contributed by atoms with Gasteiger partial charge in [0.25, 0.3) is 5.91 Å². The van der Waals surface area contributed by atoms with E-state index in [0.29, 0.717) is 19.8 Å². The Bertz CT molecular complexity index is 510. The molecule has 6 nitrogen and oxygen atoms in total. The van der Waals surface area contributed by atoms with E-state index in [2.05, 4.69) is 0 Å². The molecule has 0 spiro atoms. The average Bonchev–Trinajstić information content (AvgIpc) is 2.46. The van der Waals surface area contributed by atoms with Crippen LogP contribution in [-0.4, -0.2) is 43.7 Å². The molecule has 1 amide bonds. The standard InChI is InChI=1S/C13H17NO5/c1-3-9-7-18-5-4-14(9)13(16)11-6-10(15)12(17-2)8-19-11/h6,8-9H,3-5,7H2,1-2H3/t9-/m0/s1. The largest absolute Gasteiger partial charge is 0.490 e. The van der Waals surface area contributed by atoms with Gasteiger partial charge < -0.3 is 18.8 Å². The number of morpholine rings is 1. The van der Waals surface area contributed by atoms with Crippen molar-refractivity contribution in [2.45, 2.75) is 19.4 Å². The first-order valence-electron chi connectivity index (χ1n) is 6.23. The highest BCUT2D eigenvalue weighted by atomic mass is 16.5. The summed E-state index contributed by atoms with van der Waals surface area (Å²) in [4.78, 5) is 25.6. The third-order valence-corrected chi connectivity index (χ3v) is 3.19. The molecule has 1 fully saturated rings. The van der Waals surface area contributed by atoms with E-state index in [1.807, 2.05) is 6.92 Å². The van der Waals surface area contributed by atoms with E-state index >= 15 is 0 Å². The molecule has 104 valence electrons. The molecule has 2 heterocycles. The van der Waals surface area contributed by atoms with Crippen molar-refractivity contribution in [3.05, 3.63) is 28.3 Å². The van der Waals surface area contributed by atoms with Crippen molar-refractivity contribution in [3.63, 3.8) is 0 Å². The summed E-state index contributed by atoms with van der Waals surface area (Å²) in [6.45, 7) is 3.52. The van der Waals surface area contributed by atoms with Gasteiger partial charge in [0.15, 0.2) is 5.76 Å². The zero-order valence-corrected chi connectivity index (χ0v) is 11.0. The topological polar surface area (TPSA) is 69.0 Å². The Hall–Kier alpha value is -1.82. The number of carbonyl (C=O) groups is 1. The van der Waals surface area contributed by atoms with Crippen LogP contribution in [0.4, 0.5) is 0 Å². The molecule has 0 aliphatic carbocycles. The lowest BCUT2D eigenvalue weighted by Gasteiger charge is -2.34. The Morgan fingerprint density at radius 3 is 3.00 bits per heavy atom. The molecule has 0 N–H and O–H groups in total. The number of nitrogens with zero attached hydrogens (tertiary/aromatic N) is 1. The lowest BCUT2D eigenvalue weighted by atomic mass is 10.1. The monoisotopic (exact) mass is 267 g/mol. The van der Waals surface area contributed by atoms with Crippen LogP contribution in [0.5, 0.6) is 5.75 Å². The second-order valence-corrected chi connectivity index (χ2v) is 4.31. The van der Waals surface area contributed by atoms with Crippen molar-refractivity contribution in [3.8, 4) is 5.75 Å². The quantitative estimate of drug-likeness (QED) is 0.813. The summed E-state index contributed by atoms with van der Waals surface area (Å²) in [7, 11) is 1.38. The maximum atomic E-state index is 12.3. The van der Waals surface area contributed by atoms with Gasteiger partial charge in [0.1, 0.15) is 6.26 Å². The van der Waals surface area contributed by atoms with Crippen LogP contribution in [0.3, 0.4) is 0 Å². The van der Waals surface area contributed by atoms with Gasteiger partial charge in [-0.25, -0.2) is 0 Å². The summed E-state index contributed by atoms with van der Waals surface area (Å²) in [6, 6.07) is 1.19. The second kappa shape index (κ2) is 5.88. The molecule has 0 radical (unpaired) electrons. The van der Waals surface area contributed by atoms with Crippen molar-refractivity contribution >= 4 is 5.91 Å². The summed E-state index contributed by atoms with van der Waals surface area (Å²) in [6.07, 6.45) is 1.96. The van der Waals surface area contributed by atoms with E-state index in [9.17, 15) is 9.59 Å². The van der Waals surface area contributed by atoms with Crippen LogP contribution in [0, 0.1) is 0 Å². The molecule has 0 aromatic carbocycles. The summed E-state index contributed by atoms with van der Waals surface area (Å²) in [5, 5.41) is 0. The average molecular weight is 267 g/mol. The number of amides is 1. The van der Waals surface area contributed by atoms with Crippen LogP contribution in [-0.2, 0) is 4.74 Å². The van der Waals surface area contributed by atoms with Crippen molar-refractivity contribution < 1.29 is 18.7 Å². The zero-order valence-electron chi connectivity index (χ0n) is 11.0. The third kappa shape index (κ3) is 2.78. The van der Waals surface area contributed by atoms with E-state index in [0.717, 1.165) is 12.7 Å². The maximum absolute atomic E-state index is 12.3. The molecule has 1 atom stereocenters. The Labute approximate surface area is 110 Å². The van der Waals surface area contributed by atoms with Crippen LogP contribution < -0.4 is 10.2 Å². The van der Waals surface area contributed by atoms with Crippen LogP contribution in [0.2, 0.25) is 0 Å². The number of hydrogen-bond acceptors (Lipinski definition) is 5. The smallest absolute Gasteiger partial charge is 0.290 e. The van der Waals surface area contributed by atoms with Gasteiger partial charge in [-0.05, 0) is 6.42 Å². The van der Waals surface area contributed by atoms with E-state index in [1.54, 1.807) is 4.90 Å². The minimum absolute atomic E-state index is 0.0219. The molecular weight excluding hydrogens is 250 g/mol. The predicted octanol–water partition coefficient (Wildman–Crippen LogP) is 0.899. The highest BCUT2D eigenvalue weighted by Crippen LogP contribution is 2.15. The van der Waals surface area contributed by atoms with E-state index in [4.69, 9.17) is 13.9 Å². The van der Waals surface area contributed by atoms with Gasteiger partial charge in [-0.1, -0.05) is 6.92 Å². The molecule has 1 aliphatic heterocycles. The van der Waals surface area contributed by atoms with Gasteiger partial charge in [0, 0.05) is 12.6 Å². The van der Waals surface area contributed by atoms with E-state index in [1.165, 1.54) is 13.2 Å². The number of ether oxygens (including phenoxy) is 2. The molecule has 1 aromatic heterocycles. The Balaban J connectivity index is 2.23. The summed E-state index contributed by atoms with van der Waals surface area (Å²) in [5.41, 5.74) is -0.363. The molecule has 6 heteroatoms. The SMILES string of the molecule is CC[C@H]1COCCN1C(=O)c1cc(=O)c(OC)co1. The first-order valence-corrected chi connectivity index (χ1v) is 6.23. The zero-order chi connectivity index (χ0) is 13.8. The number of methoxy groups -OCH3 is 1. The molecular formula is C13H17NO5. The normalized spacial score (nSPS) is 19.3. The fourth-order valence-corrected chi connectivity index (χ4v) is 2.06. The van der Waals surface area contributed by atoms with E-state index in [-0.39, 0.29) is 28.9 Å². The number of hydrogen-bond donors (Lipinski definition) is 0. The van der Waals surface area contributed by atoms with Gasteiger partial charge in [0.05, 0.1) is 26.4 Å². The lowest BCUT2D eigenvalue weighted by molar-refractivity contribution is -0.00448. The summed E-state index contributed by atoms with van der Waals surface area (Å²) in [5.74, 6) is -0.161. The highest BCUT2D eigenvalue weighted by molar-refractivity contribution is 5.91. The van der Waals surface area contributed by atoms with Crippen LogP contribution in [0.1, 0.15) is 23.9 Å². The van der Waals surface area contributed by atoms with Crippen molar-refractivity contribution in [1.29, 1.82) is 0 Å². The Kier molecular flexibility index (Phi) is 4.21. The summed E-state index contributed by atoms with van der Waals surface area (Å²) >= 11 is 0. The second-order valence-electron chi connectivity index (χ2n) is 4.31. The van der Waals surface area contributed by atoms with Crippen LogP contribution >= 0.6 is 0 Å². The van der Waals surface area contributed by atoms with Gasteiger partial charge in [-0.2, -0.15) is 0 Å². The summed E-state index contributed by atoms with van der Waals surface area (Å²) < 4.78 is 15.3. The molecule has 2 rings (SSSR count). The number of rotatable bonds is 3. The first kappa shape index (κ1) is 13.6. The molecule has 1 saturated heterocycles. The Morgan fingerprint density at radius 2 is 2.37 bits per heavy atom. The van der Waals surface area contributed by atoms with Crippen LogP contribution in [0.15, 0.2) is 21.5 Å². The van der Waals surface area contributed by atoms with Gasteiger partial charge in [0.2, 0.25) is 11.2 Å². The molecule has 0 unspecified atom stereocenters. The van der Waals surface area contributed by atoms with Crippen molar-refractivity contribution in [2.75, 3.05) is 26.9 Å². The Morgan fingerprint density at radius 1 is 1.58 bits per heavy atom. The molecule has 1 aliphatic rings. The fourth-order valence-electron chi connectivity index (χ4n) is 2.06. The number of carbonyl (C=O) groups excluding carboxylic acids is 1. The first-order chi connectivity index (χ1) is 9.17. The lowest BCUT2D eigenvalue weighted by Crippen LogP contribution is -2.48.